The Morgan fingerprint density at radius 1 is 1.14 bits per heavy atom. The number of likely N-dealkylation sites (N-methyl/N-ethyl adjacent to an activating group) is 1. The molecule has 1 unspecified atom stereocenters. The lowest BCUT2D eigenvalue weighted by atomic mass is 10.0. The van der Waals surface area contributed by atoms with Crippen LogP contribution in [0, 0.1) is 17.2 Å². The van der Waals surface area contributed by atoms with Crippen LogP contribution in [0.4, 0.5) is 5.69 Å². The summed E-state index contributed by atoms with van der Waals surface area (Å²) in [5.41, 5.74) is 10.5. The Morgan fingerprint density at radius 2 is 1.93 bits per heavy atom. The third-order valence-electron chi connectivity index (χ3n) is 6.35. The van der Waals surface area contributed by atoms with E-state index in [1.54, 1.807) is 47.6 Å². The van der Waals surface area contributed by atoms with Gasteiger partial charge in [-0.3, -0.25) is 19.1 Å². The molecule has 0 saturated carbocycles. The molecule has 1 amide bonds. The van der Waals surface area contributed by atoms with Crippen LogP contribution >= 0.6 is 0 Å². The molecule has 216 valence electrons. The summed E-state index contributed by atoms with van der Waals surface area (Å²) >= 11 is 0. The molecule has 1 atom stereocenters. The van der Waals surface area contributed by atoms with Crippen molar-refractivity contribution in [3.05, 3.63) is 73.1 Å². The van der Waals surface area contributed by atoms with Crippen molar-refractivity contribution in [1.29, 1.82) is 5.26 Å². The van der Waals surface area contributed by atoms with Crippen LogP contribution in [-0.4, -0.2) is 63.0 Å². The molecule has 42 heavy (non-hydrogen) atoms. The van der Waals surface area contributed by atoms with Crippen LogP contribution in [0.15, 0.2) is 67.4 Å². The molecule has 4 aromatic rings. The Labute approximate surface area is 244 Å². The topological polar surface area (TPSA) is 152 Å². The maximum Gasteiger partial charge on any atom is 0.324 e. The maximum absolute atomic E-state index is 12.5. The predicted molar refractivity (Wildman–Crippen MR) is 161 cm³/mol. The number of nitrogens with one attached hydrogen (secondary N) is 1. The normalized spacial score (nSPS) is 12.1. The SMILES string of the molecule is CC(C)CC(N)C(=O)OCn1cc(-c2ccnc(C#N)c2)c2cc(-c3cncc(NC(=O)C=CCN(C)C)c3)cnc21. The number of hydrogen-bond donors (Lipinski definition) is 2. The van der Waals surface area contributed by atoms with Gasteiger partial charge >= 0.3 is 5.97 Å². The first-order chi connectivity index (χ1) is 20.1. The maximum atomic E-state index is 12.5. The highest BCUT2D eigenvalue weighted by Crippen LogP contribution is 2.33. The highest BCUT2D eigenvalue weighted by molar-refractivity contribution is 6.00. The van der Waals surface area contributed by atoms with Crippen LogP contribution in [0.2, 0.25) is 0 Å². The van der Waals surface area contributed by atoms with Crippen molar-refractivity contribution in [2.24, 2.45) is 11.7 Å². The lowest BCUT2D eigenvalue weighted by Gasteiger charge is -2.14. The van der Waals surface area contributed by atoms with Crippen LogP contribution < -0.4 is 11.1 Å². The van der Waals surface area contributed by atoms with E-state index in [4.69, 9.17) is 15.5 Å². The number of ether oxygens (including phenoxy) is 1. The monoisotopic (exact) mass is 566 g/mol. The zero-order valence-electron chi connectivity index (χ0n) is 24.1. The summed E-state index contributed by atoms with van der Waals surface area (Å²) < 4.78 is 7.27. The Morgan fingerprint density at radius 3 is 2.67 bits per heavy atom. The van der Waals surface area contributed by atoms with E-state index < -0.39 is 12.0 Å². The van der Waals surface area contributed by atoms with E-state index in [0.717, 1.165) is 27.6 Å². The number of amides is 1. The van der Waals surface area contributed by atoms with Gasteiger partial charge < -0.3 is 20.7 Å². The molecule has 0 aliphatic carbocycles. The third kappa shape index (κ3) is 7.63. The molecule has 11 heteroatoms. The van der Waals surface area contributed by atoms with Crippen molar-refractivity contribution in [3.8, 4) is 28.3 Å². The van der Waals surface area contributed by atoms with Gasteiger partial charge in [0, 0.05) is 59.5 Å². The van der Waals surface area contributed by atoms with Gasteiger partial charge in [-0.1, -0.05) is 19.9 Å². The largest absolute Gasteiger partial charge is 0.443 e. The fourth-order valence-corrected chi connectivity index (χ4v) is 4.38. The lowest BCUT2D eigenvalue weighted by molar-refractivity contribution is -0.149. The molecule has 0 aliphatic rings. The summed E-state index contributed by atoms with van der Waals surface area (Å²) in [6.45, 7) is 4.56. The smallest absolute Gasteiger partial charge is 0.324 e. The second-order valence-electron chi connectivity index (χ2n) is 10.6. The van der Waals surface area contributed by atoms with Crippen LogP contribution in [0.1, 0.15) is 26.0 Å². The molecular formula is C31H34N8O3. The van der Waals surface area contributed by atoms with E-state index in [9.17, 15) is 14.9 Å². The second-order valence-corrected chi connectivity index (χ2v) is 10.6. The van der Waals surface area contributed by atoms with Gasteiger partial charge in [-0.05, 0) is 56.3 Å². The minimum Gasteiger partial charge on any atom is -0.443 e. The van der Waals surface area contributed by atoms with Gasteiger partial charge in [-0.2, -0.15) is 5.26 Å². The summed E-state index contributed by atoms with van der Waals surface area (Å²) in [6.07, 6.45) is 12.2. The minimum atomic E-state index is -0.715. The van der Waals surface area contributed by atoms with Crippen molar-refractivity contribution in [1.82, 2.24) is 24.4 Å². The summed E-state index contributed by atoms with van der Waals surface area (Å²) in [5.74, 6) is -0.480. The average Bonchev–Trinajstić information content (AvgIpc) is 3.33. The van der Waals surface area contributed by atoms with Crippen molar-refractivity contribution >= 4 is 28.6 Å². The number of nitrogens with two attached hydrogens (primary N) is 1. The van der Waals surface area contributed by atoms with E-state index in [0.29, 0.717) is 24.3 Å². The highest BCUT2D eigenvalue weighted by Gasteiger charge is 2.19. The fourth-order valence-electron chi connectivity index (χ4n) is 4.38. The lowest BCUT2D eigenvalue weighted by Crippen LogP contribution is -2.33. The first-order valence-electron chi connectivity index (χ1n) is 13.5. The van der Waals surface area contributed by atoms with E-state index in [1.165, 1.54) is 6.08 Å². The number of pyridine rings is 3. The molecule has 0 aromatic carbocycles. The van der Waals surface area contributed by atoms with Gasteiger partial charge in [0.2, 0.25) is 5.91 Å². The summed E-state index contributed by atoms with van der Waals surface area (Å²) in [7, 11) is 3.85. The molecule has 0 radical (unpaired) electrons. The number of esters is 1. The number of fused-ring (bicyclic) bond motifs is 1. The molecule has 4 rings (SSSR count). The fraction of sp³-hybridized carbons (Fsp3) is 0.290. The average molecular weight is 567 g/mol. The number of nitrogens with zero attached hydrogens (tertiary/aromatic N) is 6. The summed E-state index contributed by atoms with van der Waals surface area (Å²) in [5, 5.41) is 13.0. The number of carbonyl (C=O) groups excluding carboxylic acids is 2. The number of nitriles is 1. The van der Waals surface area contributed by atoms with Crippen LogP contribution in [-0.2, 0) is 21.1 Å². The van der Waals surface area contributed by atoms with E-state index >= 15 is 0 Å². The molecule has 11 nitrogen and oxygen atoms in total. The standard InChI is InChI=1S/C31H34N8O3/c1-20(2)10-28(33)31(41)42-19-39-18-27(21-7-8-35-24(11-21)14-32)26-13-23(16-36-30(26)39)22-12-25(17-34-15-22)37-29(40)6-5-9-38(3)4/h5-8,11-13,15-18,20,28H,9-10,19,33H2,1-4H3,(H,37,40). The number of hydrogen-bond acceptors (Lipinski definition) is 9. The molecule has 3 N–H and O–H groups in total. The zero-order valence-corrected chi connectivity index (χ0v) is 24.1. The molecule has 0 bridgehead atoms. The first kappa shape index (κ1) is 30.0. The Hall–Kier alpha value is -4.92. The Bertz CT molecular complexity index is 1650. The number of carbonyl (C=O) groups is 2. The van der Waals surface area contributed by atoms with Gasteiger partial charge in [0.05, 0.1) is 11.9 Å². The van der Waals surface area contributed by atoms with Crippen LogP contribution in [0.25, 0.3) is 33.3 Å². The summed E-state index contributed by atoms with van der Waals surface area (Å²) in [4.78, 5) is 39.9. The van der Waals surface area contributed by atoms with Crippen LogP contribution in [0.5, 0.6) is 0 Å². The molecule has 4 heterocycles. The highest BCUT2D eigenvalue weighted by atomic mass is 16.5. The number of rotatable bonds is 11. The minimum absolute atomic E-state index is 0.0753. The van der Waals surface area contributed by atoms with E-state index in [2.05, 4.69) is 21.4 Å². The molecule has 0 aliphatic heterocycles. The molecule has 0 saturated heterocycles. The van der Waals surface area contributed by atoms with Crippen molar-refractivity contribution in [3.63, 3.8) is 0 Å². The molecule has 4 aromatic heterocycles. The number of anilines is 1. The molecule has 0 fully saturated rings. The Balaban J connectivity index is 1.68. The molecule has 0 spiro atoms. The van der Waals surface area contributed by atoms with Crippen molar-refractivity contribution < 1.29 is 14.3 Å². The second kappa shape index (κ2) is 13.6. The summed E-state index contributed by atoms with van der Waals surface area (Å²) in [6, 6.07) is 8.62. The van der Waals surface area contributed by atoms with Crippen molar-refractivity contribution in [2.75, 3.05) is 26.0 Å². The molecular weight excluding hydrogens is 532 g/mol. The van der Waals surface area contributed by atoms with Crippen LogP contribution in [0.3, 0.4) is 0 Å². The van der Waals surface area contributed by atoms with Crippen molar-refractivity contribution in [2.45, 2.75) is 33.0 Å². The van der Waals surface area contributed by atoms with Gasteiger partial charge in [-0.25, -0.2) is 9.97 Å². The third-order valence-corrected chi connectivity index (χ3v) is 6.35. The first-order valence-corrected chi connectivity index (χ1v) is 13.5. The zero-order chi connectivity index (χ0) is 30.2. The van der Waals surface area contributed by atoms with E-state index in [1.807, 2.05) is 51.2 Å². The predicted octanol–water partition coefficient (Wildman–Crippen LogP) is 3.96. The van der Waals surface area contributed by atoms with Gasteiger partial charge in [0.15, 0.2) is 6.73 Å². The van der Waals surface area contributed by atoms with Gasteiger partial charge in [-0.15, -0.1) is 0 Å². The van der Waals surface area contributed by atoms with E-state index in [-0.39, 0.29) is 24.2 Å². The Kier molecular flexibility index (Phi) is 9.75. The number of aromatic nitrogens is 4. The van der Waals surface area contributed by atoms with Gasteiger partial charge in [0.1, 0.15) is 23.5 Å². The van der Waals surface area contributed by atoms with Gasteiger partial charge in [0.25, 0.3) is 0 Å². The quantitative estimate of drug-likeness (QED) is 0.203.